The van der Waals surface area contributed by atoms with E-state index in [-0.39, 0.29) is 60.4 Å². The van der Waals surface area contributed by atoms with E-state index in [2.05, 4.69) is 5.16 Å². The fourth-order valence-electron chi connectivity index (χ4n) is 6.04. The summed E-state index contributed by atoms with van der Waals surface area (Å²) in [5.41, 5.74) is 4.01. The minimum Gasteiger partial charge on any atom is -0.511 e. The maximum Gasteiger partial charge on any atom is 0.303 e. The Bertz CT molecular complexity index is 1490. The van der Waals surface area contributed by atoms with Crippen molar-refractivity contribution in [3.63, 3.8) is 0 Å². The molecule has 2 N–H and O–H groups in total. The number of carboxylic acids is 1. The summed E-state index contributed by atoms with van der Waals surface area (Å²) in [5, 5.41) is 24.3. The number of carbonyl (C=O) groups is 3. The fraction of sp³-hybridized carbons (Fsp3) is 0.382. The fourth-order valence-corrected chi connectivity index (χ4v) is 6.04. The number of ketones is 2. The molecule has 5 rings (SSSR count). The average molecular weight is 569 g/mol. The predicted octanol–water partition coefficient (Wildman–Crippen LogP) is 6.56. The molecule has 0 spiro atoms. The number of carboxylic acid groups (broad SMARTS) is 1. The Morgan fingerprint density at radius 1 is 0.810 bits per heavy atom. The second kappa shape index (κ2) is 13.6. The van der Waals surface area contributed by atoms with Crippen molar-refractivity contribution in [2.75, 3.05) is 6.54 Å². The van der Waals surface area contributed by atoms with E-state index in [1.807, 2.05) is 60.7 Å². The number of aliphatic hydroxyl groups excluding tert-OH is 1. The van der Waals surface area contributed by atoms with Crippen LogP contribution in [0.1, 0.15) is 96.1 Å². The van der Waals surface area contributed by atoms with Gasteiger partial charge in [0.15, 0.2) is 11.6 Å². The van der Waals surface area contributed by atoms with Crippen LogP contribution in [0, 0.1) is 0 Å². The molecule has 1 heterocycles. The quantitative estimate of drug-likeness (QED) is 0.152. The van der Waals surface area contributed by atoms with Crippen LogP contribution in [-0.2, 0) is 22.4 Å². The van der Waals surface area contributed by atoms with Gasteiger partial charge in [0.25, 0.3) is 0 Å². The number of benzene rings is 2. The number of nitrogens with zero attached hydrogens (tertiary/aromatic N) is 2. The second-order valence-corrected chi connectivity index (χ2v) is 11.2. The normalized spacial score (nSPS) is 20.9. The second-order valence-electron chi connectivity index (χ2n) is 11.2. The average Bonchev–Trinajstić information content (AvgIpc) is 3.42. The molecule has 3 aromatic rings. The molecule has 2 aliphatic carbocycles. The molecular formula is C34H36N2O6. The lowest BCUT2D eigenvalue weighted by molar-refractivity contribution is -0.137. The van der Waals surface area contributed by atoms with Gasteiger partial charge in [-0.3, -0.25) is 19.4 Å². The standard InChI is InChI=1S/C34H36N2O6/c37-28(16-15-26-34-30(39)20-25(21-31(34)42-36-26)23-12-6-2-7-13-23)33-27(35-17-9-3-8-14-32(40)41)18-24(19-29(33)38)22-10-4-1-5-11-22/h1-2,4-7,10-13,24-25,37H,3,8-9,14-21H2,(H,40,41). The van der Waals surface area contributed by atoms with E-state index < -0.39 is 5.97 Å². The summed E-state index contributed by atoms with van der Waals surface area (Å²) in [6.45, 7) is 0.453. The number of aliphatic imine (C=N–C) groups is 1. The maximum absolute atomic E-state index is 13.4. The smallest absolute Gasteiger partial charge is 0.303 e. The summed E-state index contributed by atoms with van der Waals surface area (Å²) < 4.78 is 5.60. The molecule has 0 bridgehead atoms. The number of aliphatic carboxylic acids is 1. The molecule has 1 saturated carbocycles. The van der Waals surface area contributed by atoms with Crippen molar-refractivity contribution in [3.8, 4) is 0 Å². The van der Waals surface area contributed by atoms with Crippen LogP contribution in [0.15, 0.2) is 81.5 Å². The SMILES string of the molecule is O=C(O)CCCCCN=C1CC(c2ccccc2)CC(=O)C1=C(O)CCc1noc2c1C(=O)CC(c1ccccc1)C2. The monoisotopic (exact) mass is 568 g/mol. The van der Waals surface area contributed by atoms with Crippen molar-refractivity contribution in [1.29, 1.82) is 0 Å². The molecule has 2 aromatic carbocycles. The number of aliphatic hydroxyl groups is 1. The molecule has 0 radical (unpaired) electrons. The van der Waals surface area contributed by atoms with Crippen molar-refractivity contribution in [3.05, 3.63) is 100 Å². The summed E-state index contributed by atoms with van der Waals surface area (Å²) in [7, 11) is 0. The Morgan fingerprint density at radius 2 is 1.45 bits per heavy atom. The first kappa shape index (κ1) is 29.2. The van der Waals surface area contributed by atoms with Crippen LogP contribution in [0.2, 0.25) is 0 Å². The number of allylic oxidation sites excluding steroid dienone is 2. The number of aromatic nitrogens is 1. The third-order valence-electron chi connectivity index (χ3n) is 8.20. The van der Waals surface area contributed by atoms with Crippen LogP contribution >= 0.6 is 0 Å². The molecule has 218 valence electrons. The minimum atomic E-state index is -0.814. The Morgan fingerprint density at radius 3 is 2.12 bits per heavy atom. The van der Waals surface area contributed by atoms with Crippen LogP contribution in [0.25, 0.3) is 0 Å². The lowest BCUT2D eigenvalue weighted by Gasteiger charge is -2.26. The molecule has 2 unspecified atom stereocenters. The zero-order valence-corrected chi connectivity index (χ0v) is 23.6. The van der Waals surface area contributed by atoms with Crippen LogP contribution in [0.4, 0.5) is 0 Å². The van der Waals surface area contributed by atoms with E-state index in [0.717, 1.165) is 17.5 Å². The van der Waals surface area contributed by atoms with Crippen LogP contribution < -0.4 is 0 Å². The summed E-state index contributed by atoms with van der Waals surface area (Å²) >= 11 is 0. The van der Waals surface area contributed by atoms with Gasteiger partial charge in [0, 0.05) is 50.8 Å². The zero-order valence-electron chi connectivity index (χ0n) is 23.6. The molecule has 42 heavy (non-hydrogen) atoms. The number of unbranched alkanes of at least 4 members (excludes halogenated alkanes) is 2. The summed E-state index contributed by atoms with van der Waals surface area (Å²) in [6, 6.07) is 19.7. The number of carbonyl (C=O) groups excluding carboxylic acids is 2. The van der Waals surface area contributed by atoms with Gasteiger partial charge in [0.2, 0.25) is 0 Å². The molecular weight excluding hydrogens is 532 g/mol. The highest BCUT2D eigenvalue weighted by Crippen LogP contribution is 2.36. The van der Waals surface area contributed by atoms with Gasteiger partial charge in [-0.25, -0.2) is 0 Å². The van der Waals surface area contributed by atoms with Gasteiger partial charge >= 0.3 is 5.97 Å². The van der Waals surface area contributed by atoms with Gasteiger partial charge in [-0.05, 0) is 42.2 Å². The van der Waals surface area contributed by atoms with E-state index in [1.54, 1.807) is 0 Å². The molecule has 1 aromatic heterocycles. The van der Waals surface area contributed by atoms with Crippen molar-refractivity contribution >= 4 is 23.2 Å². The topological polar surface area (TPSA) is 130 Å². The number of hydrogen-bond donors (Lipinski definition) is 2. The first-order valence-corrected chi connectivity index (χ1v) is 14.7. The van der Waals surface area contributed by atoms with Crippen molar-refractivity contribution < 1.29 is 29.1 Å². The van der Waals surface area contributed by atoms with Gasteiger partial charge in [-0.2, -0.15) is 0 Å². The first-order chi connectivity index (χ1) is 20.4. The Kier molecular flexibility index (Phi) is 9.41. The van der Waals surface area contributed by atoms with E-state index >= 15 is 0 Å². The minimum absolute atomic E-state index is 0.0157. The van der Waals surface area contributed by atoms with Gasteiger partial charge < -0.3 is 14.7 Å². The predicted molar refractivity (Wildman–Crippen MR) is 158 cm³/mol. The molecule has 8 nitrogen and oxygen atoms in total. The Balaban J connectivity index is 1.31. The molecule has 1 fully saturated rings. The van der Waals surface area contributed by atoms with E-state index in [9.17, 15) is 19.5 Å². The molecule has 0 saturated heterocycles. The van der Waals surface area contributed by atoms with E-state index in [1.165, 1.54) is 0 Å². The highest BCUT2D eigenvalue weighted by Gasteiger charge is 2.34. The van der Waals surface area contributed by atoms with Crippen LogP contribution in [0.5, 0.6) is 0 Å². The molecule has 0 amide bonds. The van der Waals surface area contributed by atoms with Gasteiger partial charge in [-0.15, -0.1) is 0 Å². The van der Waals surface area contributed by atoms with Crippen molar-refractivity contribution in [2.24, 2.45) is 4.99 Å². The molecule has 8 heteroatoms. The maximum atomic E-state index is 13.4. The molecule has 0 aliphatic heterocycles. The van der Waals surface area contributed by atoms with Gasteiger partial charge in [0.05, 0.1) is 16.8 Å². The zero-order chi connectivity index (χ0) is 29.5. The van der Waals surface area contributed by atoms with Crippen LogP contribution in [-0.4, -0.2) is 45.2 Å². The molecule has 2 atom stereocenters. The lowest BCUT2D eigenvalue weighted by Crippen LogP contribution is -2.27. The summed E-state index contributed by atoms with van der Waals surface area (Å²) in [5.74, 6) is -0.433. The lowest BCUT2D eigenvalue weighted by atomic mass is 9.78. The number of fused-ring (bicyclic) bond motifs is 1. The number of hydrogen-bond acceptors (Lipinski definition) is 7. The third-order valence-corrected chi connectivity index (χ3v) is 8.20. The summed E-state index contributed by atoms with van der Waals surface area (Å²) in [4.78, 5) is 42.1. The van der Waals surface area contributed by atoms with Crippen molar-refractivity contribution in [2.45, 2.75) is 76.0 Å². The highest BCUT2D eigenvalue weighted by molar-refractivity contribution is 6.24. The Labute approximate surface area is 245 Å². The van der Waals surface area contributed by atoms with E-state index in [4.69, 9.17) is 14.6 Å². The molecule has 2 aliphatic rings. The Hall–Kier alpha value is -4.33. The van der Waals surface area contributed by atoms with E-state index in [0.29, 0.717) is 61.4 Å². The van der Waals surface area contributed by atoms with Gasteiger partial charge in [-0.1, -0.05) is 72.2 Å². The third kappa shape index (κ3) is 6.93. The number of Topliss-reactive ketones (excluding diaryl/α,β-unsaturated/α-hetero) is 2. The van der Waals surface area contributed by atoms with Gasteiger partial charge in [0.1, 0.15) is 11.5 Å². The number of rotatable bonds is 11. The number of aryl methyl sites for hydroxylation is 1. The highest BCUT2D eigenvalue weighted by atomic mass is 16.5. The summed E-state index contributed by atoms with van der Waals surface area (Å²) in [6.07, 6.45) is 4.31. The first-order valence-electron chi connectivity index (χ1n) is 14.7. The largest absolute Gasteiger partial charge is 0.511 e. The van der Waals surface area contributed by atoms with Crippen LogP contribution in [0.3, 0.4) is 0 Å². The van der Waals surface area contributed by atoms with Crippen molar-refractivity contribution in [1.82, 2.24) is 5.16 Å².